The van der Waals surface area contributed by atoms with E-state index in [0.717, 1.165) is 16.7 Å². The number of hydrogen-bond donors (Lipinski definition) is 3. The van der Waals surface area contributed by atoms with Crippen molar-refractivity contribution in [1.29, 1.82) is 0 Å². The standard InChI is InChI=1S/C21H18N6O6S2/c1-32-25-13(12-9-35-21(22)23-12)16(28)24-14-17(29)27-15(20(30)31)11(8-34-19(14)27)7-26-5-2-3-10-4-6-33-18(10)26/h2-6,9,14,19H,7-8H2,1H3,(H3-,22,23,24,28,30,31)/p+1/b25-13-/t14-,19-/m1/s1. The number of rotatable bonds is 7. The SMILES string of the molecule is CO/N=C(\C(=O)N[C@@H]1C(=O)N2C(C(=O)O)=C(C[n+]3cccc4ccoc43)CS[C@H]12)c1csc(N)n1. The fraction of sp³-hybridized carbons (Fsp3) is 0.238. The summed E-state index contributed by atoms with van der Waals surface area (Å²) in [4.78, 5) is 48.1. The van der Waals surface area contributed by atoms with Crippen LogP contribution in [0.3, 0.4) is 0 Å². The molecule has 180 valence electrons. The zero-order valence-corrected chi connectivity index (χ0v) is 19.8. The normalized spacial score (nSPS) is 20.0. The summed E-state index contributed by atoms with van der Waals surface area (Å²) >= 11 is 2.50. The van der Waals surface area contributed by atoms with Gasteiger partial charge in [-0.3, -0.25) is 14.5 Å². The number of nitrogens with one attached hydrogen (secondary N) is 1. The second kappa shape index (κ2) is 9.03. The Hall–Kier alpha value is -3.91. The van der Waals surface area contributed by atoms with Crippen molar-refractivity contribution in [2.24, 2.45) is 5.16 Å². The predicted molar refractivity (Wildman–Crippen MR) is 126 cm³/mol. The summed E-state index contributed by atoms with van der Waals surface area (Å²) in [6, 6.07) is 4.62. The highest BCUT2D eigenvalue weighted by Gasteiger charge is 2.55. The first-order valence-electron chi connectivity index (χ1n) is 10.3. The molecule has 1 saturated heterocycles. The van der Waals surface area contributed by atoms with Crippen LogP contribution in [0.25, 0.3) is 11.1 Å². The molecule has 14 heteroatoms. The number of pyridine rings is 1. The number of nitrogen functional groups attached to an aromatic ring is 1. The Bertz CT molecular complexity index is 1410. The Labute approximate surface area is 206 Å². The molecular weight excluding hydrogens is 496 g/mol. The van der Waals surface area contributed by atoms with Crippen molar-refractivity contribution >= 4 is 62.8 Å². The average Bonchev–Trinajstić information content (AvgIpc) is 3.49. The van der Waals surface area contributed by atoms with E-state index in [1.54, 1.807) is 22.4 Å². The van der Waals surface area contributed by atoms with E-state index < -0.39 is 29.2 Å². The molecule has 2 aliphatic rings. The lowest BCUT2D eigenvalue weighted by Crippen LogP contribution is -2.71. The molecule has 5 rings (SSSR count). The molecule has 0 saturated carbocycles. The predicted octanol–water partition coefficient (Wildman–Crippen LogP) is 0.548. The molecule has 5 heterocycles. The van der Waals surface area contributed by atoms with Crippen molar-refractivity contribution in [2.45, 2.75) is 18.0 Å². The van der Waals surface area contributed by atoms with Crippen LogP contribution in [0.4, 0.5) is 5.13 Å². The molecule has 3 aromatic rings. The maximum absolute atomic E-state index is 13.0. The van der Waals surface area contributed by atoms with Gasteiger partial charge in [0.25, 0.3) is 11.8 Å². The number of carboxylic acids is 1. The van der Waals surface area contributed by atoms with Gasteiger partial charge in [-0.2, -0.15) is 4.57 Å². The first kappa shape index (κ1) is 22.9. The molecule has 3 aromatic heterocycles. The highest BCUT2D eigenvalue weighted by atomic mass is 32.2. The van der Waals surface area contributed by atoms with Gasteiger partial charge < -0.3 is 25.4 Å². The first-order valence-corrected chi connectivity index (χ1v) is 12.2. The van der Waals surface area contributed by atoms with Crippen LogP contribution in [-0.4, -0.2) is 62.8 Å². The summed E-state index contributed by atoms with van der Waals surface area (Å²) in [5.74, 6) is -2.06. The maximum Gasteiger partial charge on any atom is 0.380 e. The minimum absolute atomic E-state index is 0.0848. The Balaban J connectivity index is 1.38. The first-order chi connectivity index (χ1) is 16.9. The van der Waals surface area contributed by atoms with Gasteiger partial charge in [-0.25, -0.2) is 9.78 Å². The lowest BCUT2D eigenvalue weighted by molar-refractivity contribution is -0.669. The summed E-state index contributed by atoms with van der Waals surface area (Å²) in [5.41, 5.74) is 6.80. The van der Waals surface area contributed by atoms with E-state index in [4.69, 9.17) is 15.0 Å². The Morgan fingerprint density at radius 3 is 3.00 bits per heavy atom. The number of amides is 2. The highest BCUT2D eigenvalue weighted by Crippen LogP contribution is 2.40. The Morgan fingerprint density at radius 2 is 2.29 bits per heavy atom. The van der Waals surface area contributed by atoms with Gasteiger partial charge in [-0.1, -0.05) is 5.16 Å². The van der Waals surface area contributed by atoms with E-state index in [2.05, 4.69) is 15.5 Å². The van der Waals surface area contributed by atoms with Gasteiger partial charge in [0.05, 0.1) is 11.6 Å². The fourth-order valence-corrected chi connectivity index (χ4v) is 5.91. The van der Waals surface area contributed by atoms with Crippen LogP contribution in [0.1, 0.15) is 5.69 Å². The number of oxime groups is 1. The molecule has 2 atom stereocenters. The van der Waals surface area contributed by atoms with Crippen LogP contribution in [0, 0.1) is 0 Å². The summed E-state index contributed by atoms with van der Waals surface area (Å²) < 4.78 is 7.33. The zero-order valence-electron chi connectivity index (χ0n) is 18.2. The van der Waals surface area contributed by atoms with Crippen LogP contribution in [-0.2, 0) is 25.8 Å². The van der Waals surface area contributed by atoms with Gasteiger partial charge in [0.1, 0.15) is 29.9 Å². The number of furan rings is 1. The molecule has 12 nitrogen and oxygen atoms in total. The molecule has 0 aromatic carbocycles. The van der Waals surface area contributed by atoms with Gasteiger partial charge >= 0.3 is 11.7 Å². The monoisotopic (exact) mass is 515 g/mol. The van der Waals surface area contributed by atoms with Gasteiger partial charge in [0.15, 0.2) is 23.6 Å². The number of β-lactam (4-membered cyclic amide) rings is 1. The molecule has 0 bridgehead atoms. The third-order valence-electron chi connectivity index (χ3n) is 5.54. The number of aromatic nitrogens is 2. The van der Waals surface area contributed by atoms with E-state index >= 15 is 0 Å². The summed E-state index contributed by atoms with van der Waals surface area (Å²) in [7, 11) is 1.28. The Kier molecular flexibility index (Phi) is 5.90. The summed E-state index contributed by atoms with van der Waals surface area (Å²) in [5, 5.41) is 18.4. The number of nitrogens with two attached hydrogens (primary N) is 1. The van der Waals surface area contributed by atoms with Gasteiger partial charge in [0, 0.05) is 22.8 Å². The second-order valence-corrected chi connectivity index (χ2v) is 9.62. The number of thiazole rings is 1. The van der Waals surface area contributed by atoms with E-state index in [9.17, 15) is 19.5 Å². The molecule has 2 amide bonds. The number of thioether (sulfide) groups is 1. The van der Waals surface area contributed by atoms with Crippen LogP contribution < -0.4 is 15.6 Å². The van der Waals surface area contributed by atoms with Crippen LogP contribution >= 0.6 is 23.1 Å². The van der Waals surface area contributed by atoms with Crippen molar-refractivity contribution < 1.29 is 33.3 Å². The number of fused-ring (bicyclic) bond motifs is 2. The van der Waals surface area contributed by atoms with Crippen molar-refractivity contribution in [1.82, 2.24) is 15.2 Å². The van der Waals surface area contributed by atoms with Crippen LogP contribution in [0.5, 0.6) is 0 Å². The van der Waals surface area contributed by atoms with E-state index in [1.165, 1.54) is 23.8 Å². The van der Waals surface area contributed by atoms with E-state index in [0.29, 0.717) is 17.0 Å². The smallest absolute Gasteiger partial charge is 0.380 e. The lowest BCUT2D eigenvalue weighted by Gasteiger charge is -2.49. The van der Waals surface area contributed by atoms with Gasteiger partial charge in [-0.05, 0) is 12.1 Å². The molecule has 1 fully saturated rings. The van der Waals surface area contributed by atoms with Crippen LogP contribution in [0.2, 0.25) is 0 Å². The number of carboxylic acid groups (broad SMARTS) is 1. The quantitative estimate of drug-likeness (QED) is 0.176. The second-order valence-electron chi connectivity index (χ2n) is 7.63. The van der Waals surface area contributed by atoms with E-state index in [1.807, 2.05) is 18.2 Å². The number of nitrogens with zero attached hydrogens (tertiary/aromatic N) is 4. The number of anilines is 1. The molecule has 0 radical (unpaired) electrons. The zero-order chi connectivity index (χ0) is 24.7. The third kappa shape index (κ3) is 4.00. The molecule has 2 aliphatic heterocycles. The third-order valence-corrected chi connectivity index (χ3v) is 7.55. The van der Waals surface area contributed by atoms with Gasteiger partial charge in [0.2, 0.25) is 0 Å². The van der Waals surface area contributed by atoms with Crippen molar-refractivity contribution in [2.75, 3.05) is 18.6 Å². The van der Waals surface area contributed by atoms with Crippen molar-refractivity contribution in [3.05, 3.63) is 53.0 Å². The topological polar surface area (TPSA) is 164 Å². The molecule has 0 spiro atoms. The number of hydrogen-bond acceptors (Lipinski definition) is 10. The molecule has 0 aliphatic carbocycles. The minimum atomic E-state index is -1.21. The Morgan fingerprint density at radius 1 is 1.46 bits per heavy atom. The fourth-order valence-electron chi connectivity index (χ4n) is 4.03. The van der Waals surface area contributed by atoms with Gasteiger partial charge in [-0.15, -0.1) is 23.1 Å². The van der Waals surface area contributed by atoms with Crippen LogP contribution in [0.15, 0.2) is 56.9 Å². The number of carbonyl (C=O) groups excluding carboxylic acids is 2. The number of aliphatic carboxylic acids is 1. The number of carbonyl (C=O) groups is 3. The summed E-state index contributed by atoms with van der Waals surface area (Å²) in [6.07, 6.45) is 3.35. The molecule has 0 unspecified atom stereocenters. The van der Waals surface area contributed by atoms with E-state index in [-0.39, 0.29) is 28.8 Å². The largest absolute Gasteiger partial charge is 0.477 e. The average molecular weight is 516 g/mol. The molecule has 4 N–H and O–H groups in total. The highest BCUT2D eigenvalue weighted by molar-refractivity contribution is 8.00. The molecular formula is C21H19N6O6S2+. The molecule has 35 heavy (non-hydrogen) atoms. The van der Waals surface area contributed by atoms with Crippen molar-refractivity contribution in [3.8, 4) is 0 Å². The maximum atomic E-state index is 13.0. The lowest BCUT2D eigenvalue weighted by atomic mass is 10.0. The van der Waals surface area contributed by atoms with Crippen molar-refractivity contribution in [3.63, 3.8) is 0 Å². The summed E-state index contributed by atoms with van der Waals surface area (Å²) in [6.45, 7) is 0.239. The minimum Gasteiger partial charge on any atom is -0.477 e.